The number of aromatic nitrogens is 4. The van der Waals surface area contributed by atoms with E-state index in [1.165, 1.54) is 33.4 Å². The summed E-state index contributed by atoms with van der Waals surface area (Å²) in [6, 6.07) is 15.1. The van der Waals surface area contributed by atoms with E-state index < -0.39 is 11.8 Å². The first kappa shape index (κ1) is 28.8. The van der Waals surface area contributed by atoms with Crippen molar-refractivity contribution in [3.05, 3.63) is 102 Å². The van der Waals surface area contributed by atoms with Crippen LogP contribution < -0.4 is 21.5 Å². The maximum atomic E-state index is 13.8. The number of nitrogens with zero attached hydrogens (tertiary/aromatic N) is 5. The lowest BCUT2D eigenvalue weighted by Gasteiger charge is -2.29. The molecule has 11 nitrogen and oxygen atoms in total. The highest BCUT2D eigenvalue weighted by atomic mass is 35.5. The molecule has 14 heteroatoms. The van der Waals surface area contributed by atoms with Crippen LogP contribution in [-0.2, 0) is 17.8 Å². The number of hydrogen-bond acceptors (Lipinski definition) is 10. The Labute approximate surface area is 259 Å². The first-order valence-corrected chi connectivity index (χ1v) is 15.5. The Morgan fingerprint density at radius 2 is 1.88 bits per heavy atom. The summed E-state index contributed by atoms with van der Waals surface area (Å²) < 4.78 is 9.00. The predicted molar refractivity (Wildman–Crippen MR) is 168 cm³/mol. The van der Waals surface area contributed by atoms with E-state index >= 15 is 0 Å². The molecule has 1 fully saturated rings. The number of pyridine rings is 1. The molecule has 0 bridgehead atoms. The molecule has 0 aliphatic carbocycles. The van der Waals surface area contributed by atoms with E-state index in [1.54, 1.807) is 46.5 Å². The number of thiophene rings is 1. The van der Waals surface area contributed by atoms with Gasteiger partial charge in [0.05, 0.1) is 47.5 Å². The van der Waals surface area contributed by atoms with Crippen LogP contribution in [0.4, 0.5) is 11.5 Å². The Balaban J connectivity index is 1.46. The van der Waals surface area contributed by atoms with Gasteiger partial charge in [-0.2, -0.15) is 9.78 Å². The summed E-state index contributed by atoms with van der Waals surface area (Å²) in [7, 11) is 0. The lowest BCUT2D eigenvalue weighted by Crippen LogP contribution is -2.37. The number of amides is 1. The number of anilines is 2. The summed E-state index contributed by atoms with van der Waals surface area (Å²) in [6.07, 6.45) is 0. The third kappa shape index (κ3) is 6.39. The minimum Gasteiger partial charge on any atom is -0.378 e. The van der Waals surface area contributed by atoms with Crippen LogP contribution in [0.25, 0.3) is 11.4 Å². The molecule has 1 aromatic carbocycles. The third-order valence-electron chi connectivity index (χ3n) is 6.92. The predicted octanol–water partition coefficient (Wildman–Crippen LogP) is 4.17. The van der Waals surface area contributed by atoms with E-state index in [4.69, 9.17) is 27.2 Å². The van der Waals surface area contributed by atoms with Gasteiger partial charge in [0, 0.05) is 52.3 Å². The Morgan fingerprint density at radius 3 is 2.60 bits per heavy atom. The van der Waals surface area contributed by atoms with E-state index in [2.05, 4.69) is 15.2 Å². The van der Waals surface area contributed by atoms with Crippen LogP contribution in [0.5, 0.6) is 0 Å². The average molecular weight is 636 g/mol. The second kappa shape index (κ2) is 12.5. The van der Waals surface area contributed by atoms with Crippen molar-refractivity contribution in [3.8, 4) is 11.4 Å². The molecule has 0 saturated carbocycles. The number of nitrogens with two attached hydrogens (primary N) is 1. The largest absolute Gasteiger partial charge is 0.378 e. The van der Waals surface area contributed by atoms with Crippen molar-refractivity contribution in [2.45, 2.75) is 13.1 Å². The van der Waals surface area contributed by atoms with E-state index in [0.717, 1.165) is 16.3 Å². The van der Waals surface area contributed by atoms with Gasteiger partial charge in [0.25, 0.3) is 11.5 Å². The normalized spacial score (nSPS) is 13.3. The second-order valence-electron chi connectivity index (χ2n) is 9.74. The number of hydrogen-bond donors (Lipinski definition) is 2. The fraction of sp³-hybridized carbons (Fsp3) is 0.207. The Hall–Kier alpha value is -4.30. The fourth-order valence-corrected chi connectivity index (χ4v) is 6.36. The van der Waals surface area contributed by atoms with Gasteiger partial charge in [-0.3, -0.25) is 14.4 Å². The van der Waals surface area contributed by atoms with Crippen LogP contribution in [-0.4, -0.2) is 57.4 Å². The maximum absolute atomic E-state index is 13.8. The zero-order chi connectivity index (χ0) is 29.9. The van der Waals surface area contributed by atoms with Crippen molar-refractivity contribution in [1.29, 1.82) is 0 Å². The zero-order valence-electron chi connectivity index (χ0n) is 22.7. The Kier molecular flexibility index (Phi) is 8.38. The second-order valence-corrected chi connectivity index (χ2v) is 12.3. The summed E-state index contributed by atoms with van der Waals surface area (Å²) >= 11 is 9.00. The number of morpholine rings is 1. The molecule has 1 saturated heterocycles. The van der Waals surface area contributed by atoms with Crippen molar-refractivity contribution >= 4 is 57.6 Å². The number of benzene rings is 1. The zero-order valence-corrected chi connectivity index (χ0v) is 25.1. The van der Waals surface area contributed by atoms with Crippen LogP contribution in [0.1, 0.15) is 31.3 Å². The van der Waals surface area contributed by atoms with Crippen LogP contribution in [0.3, 0.4) is 0 Å². The molecule has 0 atom stereocenters. The van der Waals surface area contributed by atoms with E-state index in [-0.39, 0.29) is 23.2 Å². The van der Waals surface area contributed by atoms with E-state index in [0.29, 0.717) is 54.4 Å². The van der Waals surface area contributed by atoms with Crippen molar-refractivity contribution in [2.24, 2.45) is 5.73 Å². The monoisotopic (exact) mass is 635 g/mol. The topological polar surface area (TPSA) is 137 Å². The van der Waals surface area contributed by atoms with Crippen LogP contribution in [0, 0.1) is 0 Å². The van der Waals surface area contributed by atoms with Crippen molar-refractivity contribution in [1.82, 2.24) is 19.3 Å². The van der Waals surface area contributed by atoms with Gasteiger partial charge in [-0.05, 0) is 36.4 Å². The first-order chi connectivity index (χ1) is 20.9. The molecule has 3 N–H and O–H groups in total. The number of nitrogens with one attached hydrogen (secondary N) is 1. The summed E-state index contributed by atoms with van der Waals surface area (Å²) in [5.74, 6) is -0.716. The first-order valence-electron chi connectivity index (χ1n) is 13.3. The van der Waals surface area contributed by atoms with E-state index in [9.17, 15) is 14.4 Å². The molecule has 43 heavy (non-hydrogen) atoms. The van der Waals surface area contributed by atoms with Crippen LogP contribution >= 0.6 is 34.3 Å². The number of halogens is 1. The van der Waals surface area contributed by atoms with Gasteiger partial charge in [-0.25, -0.2) is 4.98 Å². The third-order valence-corrected chi connectivity index (χ3v) is 8.79. The molecule has 5 heterocycles. The van der Waals surface area contributed by atoms with Gasteiger partial charge in [0.2, 0.25) is 5.91 Å². The van der Waals surface area contributed by atoms with Gasteiger partial charge < -0.3 is 25.3 Å². The molecular formula is C29H26ClN7O4S2. The molecule has 0 radical (unpaired) electrons. The van der Waals surface area contributed by atoms with Crippen LogP contribution in [0.15, 0.2) is 70.3 Å². The smallest absolute Gasteiger partial charge is 0.280 e. The van der Waals surface area contributed by atoms with Crippen molar-refractivity contribution < 1.29 is 14.3 Å². The fourth-order valence-electron chi connectivity index (χ4n) is 4.78. The van der Waals surface area contributed by atoms with Crippen molar-refractivity contribution in [2.75, 3.05) is 36.5 Å². The average Bonchev–Trinajstić information content (AvgIpc) is 3.79. The lowest BCUT2D eigenvalue weighted by molar-refractivity contribution is 0.0948. The molecule has 1 amide bonds. The highest BCUT2D eigenvalue weighted by molar-refractivity contribution is 7.16. The molecule has 1 aliphatic rings. The number of carbonyl (C=O) groups is 2. The van der Waals surface area contributed by atoms with Gasteiger partial charge in [0.15, 0.2) is 0 Å². The van der Waals surface area contributed by atoms with Gasteiger partial charge in [-0.1, -0.05) is 17.7 Å². The van der Waals surface area contributed by atoms with Gasteiger partial charge in [0.1, 0.15) is 11.5 Å². The number of rotatable bonds is 9. The number of primary amides is 1. The maximum Gasteiger partial charge on any atom is 0.280 e. The number of ether oxygens (including phenoxy) is 1. The van der Waals surface area contributed by atoms with Gasteiger partial charge in [-0.15, -0.1) is 22.7 Å². The van der Waals surface area contributed by atoms with Crippen molar-refractivity contribution in [3.63, 3.8) is 0 Å². The molecule has 4 aromatic heterocycles. The highest BCUT2D eigenvalue weighted by Crippen LogP contribution is 2.28. The summed E-state index contributed by atoms with van der Waals surface area (Å²) in [5, 5.41) is 9.89. The SMILES string of the molecule is NC(=O)c1cccc(C(=O)n2nc(-c3cc(N4CCOCC4)cc(=O)n3Cc3cscn3)cc2NCc2ccc(Cl)s2)c1. The summed E-state index contributed by atoms with van der Waals surface area (Å²) in [6.45, 7) is 3.04. The van der Waals surface area contributed by atoms with Gasteiger partial charge >= 0.3 is 0 Å². The standard InChI is InChI=1S/C29H26ClN7O4S2/c30-25-5-4-22(43-25)14-32-26-13-23(34-37(26)29(40)19-3-1-2-18(10-19)28(31)39)24-11-21(35-6-8-41-9-7-35)12-27(38)36(24)15-20-16-42-17-33-20/h1-5,10-13,16-17,32H,6-9,14-15H2,(H2,31,39). The Bertz CT molecular complexity index is 1840. The molecule has 0 unspecified atom stereocenters. The summed E-state index contributed by atoms with van der Waals surface area (Å²) in [4.78, 5) is 46.6. The quantitative estimate of drug-likeness (QED) is 0.246. The Morgan fingerprint density at radius 1 is 1.07 bits per heavy atom. The molecule has 5 aromatic rings. The number of carbonyl (C=O) groups excluding carboxylic acids is 2. The molecule has 1 aliphatic heterocycles. The number of thiazole rings is 1. The lowest BCUT2D eigenvalue weighted by atomic mass is 10.1. The van der Waals surface area contributed by atoms with Crippen LogP contribution in [0.2, 0.25) is 4.34 Å². The minimum absolute atomic E-state index is 0.205. The molecule has 220 valence electrons. The summed E-state index contributed by atoms with van der Waals surface area (Å²) in [5.41, 5.74) is 9.82. The molecule has 0 spiro atoms. The molecular weight excluding hydrogens is 610 g/mol. The minimum atomic E-state index is -0.644. The molecule has 6 rings (SSSR count). The highest BCUT2D eigenvalue weighted by Gasteiger charge is 2.22. The van der Waals surface area contributed by atoms with E-state index in [1.807, 2.05) is 17.5 Å².